The smallest absolute Gasteiger partial charge is 0.193 e. The number of piperidine rings is 1. The van der Waals surface area contributed by atoms with Crippen molar-refractivity contribution in [2.75, 3.05) is 51.3 Å². The predicted molar refractivity (Wildman–Crippen MR) is 138 cm³/mol. The van der Waals surface area contributed by atoms with E-state index in [1.807, 2.05) is 19.3 Å². The first kappa shape index (κ1) is 23.5. The lowest BCUT2D eigenvalue weighted by Crippen LogP contribution is -2.44. The van der Waals surface area contributed by atoms with Crippen molar-refractivity contribution >= 4 is 41.8 Å². The molecule has 0 amide bonds. The number of morpholine rings is 1. The molecule has 3 heterocycles. The molecule has 6 nitrogen and oxygen atoms in total. The van der Waals surface area contributed by atoms with Gasteiger partial charge in [-0.1, -0.05) is 48.0 Å². The molecule has 0 unspecified atom stereocenters. The lowest BCUT2D eigenvalue weighted by molar-refractivity contribution is 0.122. The summed E-state index contributed by atoms with van der Waals surface area (Å²) in [6, 6.07) is 14.7. The van der Waals surface area contributed by atoms with E-state index in [1.54, 1.807) is 0 Å². The van der Waals surface area contributed by atoms with Crippen molar-refractivity contribution in [1.29, 1.82) is 0 Å². The van der Waals surface area contributed by atoms with E-state index in [2.05, 4.69) is 67.6 Å². The van der Waals surface area contributed by atoms with Gasteiger partial charge in [0.15, 0.2) is 5.96 Å². The summed E-state index contributed by atoms with van der Waals surface area (Å²) in [4.78, 5) is 13.8. The minimum absolute atomic E-state index is 0. The fourth-order valence-corrected chi connectivity index (χ4v) is 4.07. The van der Waals surface area contributed by atoms with Crippen molar-refractivity contribution in [2.45, 2.75) is 19.4 Å². The molecule has 0 radical (unpaired) electrons. The minimum Gasteiger partial charge on any atom is -0.378 e. The van der Waals surface area contributed by atoms with Crippen LogP contribution in [0.3, 0.4) is 0 Å². The van der Waals surface area contributed by atoms with Gasteiger partial charge in [0.1, 0.15) is 5.82 Å². The van der Waals surface area contributed by atoms with Crippen LogP contribution < -0.4 is 10.2 Å². The van der Waals surface area contributed by atoms with E-state index in [1.165, 1.54) is 16.7 Å². The van der Waals surface area contributed by atoms with Gasteiger partial charge in [0.2, 0.25) is 0 Å². The van der Waals surface area contributed by atoms with Crippen LogP contribution >= 0.6 is 24.0 Å². The Morgan fingerprint density at radius 3 is 2.52 bits per heavy atom. The summed E-state index contributed by atoms with van der Waals surface area (Å²) in [5.41, 5.74) is 3.99. The summed E-state index contributed by atoms with van der Waals surface area (Å²) in [7, 11) is 1.86. The molecule has 0 saturated carbocycles. The van der Waals surface area contributed by atoms with Gasteiger partial charge < -0.3 is 19.9 Å². The summed E-state index contributed by atoms with van der Waals surface area (Å²) in [6.07, 6.45) is 6.34. The molecular formula is C24H32IN5O. The standard InChI is InChI=1S/C24H31N5O.HI/c1-25-24(29-12-9-21(10-13-29)18-20-6-3-2-4-7-20)27-19-22-8-5-11-26-23(22)28-14-16-30-17-15-28;/h2-8,11,18H,9-10,12-17,19H2,1H3,(H,25,27);1H. The van der Waals surface area contributed by atoms with Crippen LogP contribution in [0, 0.1) is 0 Å². The molecule has 4 rings (SSSR count). The van der Waals surface area contributed by atoms with Gasteiger partial charge in [-0.05, 0) is 24.5 Å². The highest BCUT2D eigenvalue weighted by Gasteiger charge is 2.19. The van der Waals surface area contributed by atoms with Gasteiger partial charge in [-0.3, -0.25) is 4.99 Å². The topological polar surface area (TPSA) is 53.0 Å². The molecule has 2 saturated heterocycles. The van der Waals surface area contributed by atoms with E-state index in [0.29, 0.717) is 0 Å². The Labute approximate surface area is 202 Å². The molecular weight excluding hydrogens is 501 g/mol. The van der Waals surface area contributed by atoms with E-state index in [9.17, 15) is 0 Å². The number of ether oxygens (including phenoxy) is 1. The van der Waals surface area contributed by atoms with Crippen molar-refractivity contribution in [3.63, 3.8) is 0 Å². The van der Waals surface area contributed by atoms with Gasteiger partial charge in [0, 0.05) is 51.5 Å². The minimum atomic E-state index is 0. The molecule has 31 heavy (non-hydrogen) atoms. The zero-order valence-corrected chi connectivity index (χ0v) is 20.5. The molecule has 2 aliphatic rings. The van der Waals surface area contributed by atoms with Crippen molar-refractivity contribution in [2.24, 2.45) is 4.99 Å². The first-order valence-corrected chi connectivity index (χ1v) is 10.8. The van der Waals surface area contributed by atoms with Crippen LogP contribution in [0.15, 0.2) is 59.2 Å². The van der Waals surface area contributed by atoms with Crippen molar-refractivity contribution in [3.8, 4) is 0 Å². The zero-order chi connectivity index (χ0) is 20.6. The highest BCUT2D eigenvalue weighted by molar-refractivity contribution is 14.0. The Morgan fingerprint density at radius 1 is 1.06 bits per heavy atom. The summed E-state index contributed by atoms with van der Waals surface area (Å²) < 4.78 is 5.49. The summed E-state index contributed by atoms with van der Waals surface area (Å²) in [5.74, 6) is 2.01. The van der Waals surface area contributed by atoms with Gasteiger partial charge in [-0.2, -0.15) is 0 Å². The van der Waals surface area contributed by atoms with Crippen LogP contribution in [0.5, 0.6) is 0 Å². The molecule has 0 atom stereocenters. The van der Waals surface area contributed by atoms with E-state index in [4.69, 9.17) is 4.74 Å². The van der Waals surface area contributed by atoms with Gasteiger partial charge >= 0.3 is 0 Å². The average Bonchev–Trinajstić information content (AvgIpc) is 2.82. The second-order valence-electron chi connectivity index (χ2n) is 7.69. The number of hydrogen-bond acceptors (Lipinski definition) is 4. The molecule has 7 heteroatoms. The van der Waals surface area contributed by atoms with E-state index in [0.717, 1.165) is 70.6 Å². The molecule has 0 aliphatic carbocycles. The van der Waals surface area contributed by atoms with Crippen LogP contribution in [0.1, 0.15) is 24.0 Å². The summed E-state index contributed by atoms with van der Waals surface area (Å²) in [6.45, 7) is 6.00. The normalized spacial score (nSPS) is 17.2. The second-order valence-corrected chi connectivity index (χ2v) is 7.69. The SMILES string of the molecule is CN=C(NCc1cccnc1N1CCOCC1)N1CCC(=Cc2ccccc2)CC1.I. The summed E-state index contributed by atoms with van der Waals surface area (Å²) in [5, 5.41) is 3.56. The zero-order valence-electron chi connectivity index (χ0n) is 18.2. The fraction of sp³-hybridized carbons (Fsp3) is 0.417. The van der Waals surface area contributed by atoms with Crippen LogP contribution in [-0.2, 0) is 11.3 Å². The Morgan fingerprint density at radius 2 is 1.81 bits per heavy atom. The van der Waals surface area contributed by atoms with Gasteiger partial charge in [-0.25, -0.2) is 4.98 Å². The third-order valence-electron chi connectivity index (χ3n) is 5.70. The number of anilines is 1. The number of benzene rings is 1. The largest absolute Gasteiger partial charge is 0.378 e. The highest BCUT2D eigenvalue weighted by Crippen LogP contribution is 2.21. The van der Waals surface area contributed by atoms with Gasteiger partial charge in [0.05, 0.1) is 13.2 Å². The van der Waals surface area contributed by atoms with Crippen molar-refractivity contribution < 1.29 is 4.74 Å². The van der Waals surface area contributed by atoms with E-state index < -0.39 is 0 Å². The van der Waals surface area contributed by atoms with Crippen molar-refractivity contribution in [3.05, 3.63) is 65.4 Å². The van der Waals surface area contributed by atoms with Gasteiger partial charge in [0.25, 0.3) is 0 Å². The van der Waals surface area contributed by atoms with Crippen LogP contribution in [0.2, 0.25) is 0 Å². The maximum Gasteiger partial charge on any atom is 0.193 e. The highest BCUT2D eigenvalue weighted by atomic mass is 127. The number of halogens is 1. The molecule has 2 aliphatic heterocycles. The predicted octanol–water partition coefficient (Wildman–Crippen LogP) is 3.79. The first-order chi connectivity index (χ1) is 14.8. The fourth-order valence-electron chi connectivity index (χ4n) is 4.07. The number of rotatable bonds is 4. The number of guanidine groups is 1. The Kier molecular flexibility index (Phi) is 9.14. The Balaban J connectivity index is 0.00000272. The van der Waals surface area contributed by atoms with Crippen LogP contribution in [0.4, 0.5) is 5.82 Å². The monoisotopic (exact) mass is 533 g/mol. The number of hydrogen-bond donors (Lipinski definition) is 1. The lowest BCUT2D eigenvalue weighted by atomic mass is 10.0. The third-order valence-corrected chi connectivity index (χ3v) is 5.70. The molecule has 1 aromatic carbocycles. The quantitative estimate of drug-likeness (QED) is 0.369. The number of nitrogens with one attached hydrogen (secondary N) is 1. The van der Waals surface area contributed by atoms with Crippen LogP contribution in [0.25, 0.3) is 6.08 Å². The first-order valence-electron chi connectivity index (χ1n) is 10.8. The lowest BCUT2D eigenvalue weighted by Gasteiger charge is -2.32. The molecule has 1 N–H and O–H groups in total. The Bertz CT molecular complexity index is 871. The number of likely N-dealkylation sites (tertiary alicyclic amines) is 1. The van der Waals surface area contributed by atoms with E-state index >= 15 is 0 Å². The molecule has 0 spiro atoms. The Hall–Kier alpha value is -2.13. The van der Waals surface area contributed by atoms with Gasteiger partial charge in [-0.15, -0.1) is 24.0 Å². The molecule has 2 aromatic rings. The molecule has 1 aromatic heterocycles. The summed E-state index contributed by atoms with van der Waals surface area (Å²) >= 11 is 0. The van der Waals surface area contributed by atoms with Crippen LogP contribution in [-0.4, -0.2) is 62.3 Å². The number of pyridine rings is 1. The molecule has 2 fully saturated rings. The maximum atomic E-state index is 5.49. The maximum absolute atomic E-state index is 5.49. The number of aromatic nitrogens is 1. The third kappa shape index (κ3) is 6.43. The number of aliphatic imine (C=N–C) groups is 1. The molecule has 166 valence electrons. The second kappa shape index (κ2) is 12.0. The average molecular weight is 533 g/mol. The van der Waals surface area contributed by atoms with Crippen molar-refractivity contribution in [1.82, 2.24) is 15.2 Å². The molecule has 0 bridgehead atoms. The number of nitrogens with zero attached hydrogens (tertiary/aromatic N) is 4. The van der Waals surface area contributed by atoms with E-state index in [-0.39, 0.29) is 24.0 Å².